The van der Waals surface area contributed by atoms with Crippen LogP contribution in [-0.2, 0) is 14.8 Å². The summed E-state index contributed by atoms with van der Waals surface area (Å²) in [6, 6.07) is 1.11. The molecule has 1 aliphatic rings. The molecule has 0 radical (unpaired) electrons. The number of benzene rings is 1. The van der Waals surface area contributed by atoms with Crippen LogP contribution in [0.1, 0.15) is 23.2 Å². The van der Waals surface area contributed by atoms with Crippen LogP contribution in [0.15, 0.2) is 17.0 Å². The van der Waals surface area contributed by atoms with Crippen LogP contribution >= 0.6 is 0 Å². The van der Waals surface area contributed by atoms with Gasteiger partial charge in [0, 0.05) is 19.3 Å². The molecule has 1 heterocycles. The van der Waals surface area contributed by atoms with Gasteiger partial charge < -0.3 is 10.1 Å². The van der Waals surface area contributed by atoms with E-state index in [0.29, 0.717) is 38.2 Å². The second-order valence-electron chi connectivity index (χ2n) is 4.64. The molecule has 2 rings (SSSR count). The fourth-order valence-electron chi connectivity index (χ4n) is 2.06. The average Bonchev–Trinajstić information content (AvgIpc) is 2.38. The third-order valence-corrected chi connectivity index (χ3v) is 4.07. The Morgan fingerprint density at radius 2 is 1.90 bits per heavy atom. The van der Waals surface area contributed by atoms with E-state index in [2.05, 4.69) is 5.32 Å². The second kappa shape index (κ2) is 6.04. The lowest BCUT2D eigenvalue weighted by atomic mass is 10.1. The molecule has 116 valence electrons. The molecule has 21 heavy (non-hydrogen) atoms. The Morgan fingerprint density at radius 3 is 2.48 bits per heavy atom. The first-order valence-electron chi connectivity index (χ1n) is 6.20. The minimum Gasteiger partial charge on any atom is -0.381 e. The number of amides is 1. The Balaban J connectivity index is 2.32. The van der Waals surface area contributed by atoms with E-state index >= 15 is 0 Å². The molecule has 0 saturated carbocycles. The van der Waals surface area contributed by atoms with Gasteiger partial charge in [-0.2, -0.15) is 0 Å². The summed E-state index contributed by atoms with van der Waals surface area (Å²) in [5.74, 6) is -3.64. The summed E-state index contributed by atoms with van der Waals surface area (Å²) in [4.78, 5) is 11.1. The van der Waals surface area contributed by atoms with E-state index in [9.17, 15) is 22.0 Å². The molecule has 6 nitrogen and oxygen atoms in total. The lowest BCUT2D eigenvalue weighted by Crippen LogP contribution is -2.39. The van der Waals surface area contributed by atoms with Crippen molar-refractivity contribution in [2.24, 2.45) is 5.14 Å². The number of nitrogens with two attached hydrogens (primary N) is 1. The third-order valence-electron chi connectivity index (χ3n) is 3.15. The number of hydrogen-bond donors (Lipinski definition) is 2. The van der Waals surface area contributed by atoms with Crippen molar-refractivity contribution in [1.29, 1.82) is 0 Å². The molecule has 0 aliphatic carbocycles. The third kappa shape index (κ3) is 3.55. The zero-order valence-corrected chi connectivity index (χ0v) is 11.8. The summed E-state index contributed by atoms with van der Waals surface area (Å²) in [5, 5.41) is 7.28. The van der Waals surface area contributed by atoms with Crippen LogP contribution in [0.2, 0.25) is 0 Å². The Hall–Kier alpha value is -1.58. The standard InChI is InChI=1S/C12H14F2N2O4S/c13-8-1-2-9(21(15,18)19)11(14)10(8)12(17)16-7-3-5-20-6-4-7/h1-2,7H,3-6H2,(H,16,17)(H2,15,18,19). The van der Waals surface area contributed by atoms with Gasteiger partial charge in [0.2, 0.25) is 10.0 Å². The lowest BCUT2D eigenvalue weighted by molar-refractivity contribution is 0.0692. The number of sulfonamides is 1. The summed E-state index contributed by atoms with van der Waals surface area (Å²) in [6.45, 7) is 0.875. The van der Waals surface area contributed by atoms with Gasteiger partial charge >= 0.3 is 0 Å². The van der Waals surface area contributed by atoms with E-state index < -0.39 is 38.0 Å². The lowest BCUT2D eigenvalue weighted by Gasteiger charge is -2.23. The number of ether oxygens (including phenoxy) is 1. The summed E-state index contributed by atoms with van der Waals surface area (Å²) in [5.41, 5.74) is -0.951. The maximum Gasteiger partial charge on any atom is 0.257 e. The highest BCUT2D eigenvalue weighted by Gasteiger charge is 2.27. The van der Waals surface area contributed by atoms with Crippen molar-refractivity contribution in [3.8, 4) is 0 Å². The van der Waals surface area contributed by atoms with E-state index in [-0.39, 0.29) is 6.04 Å². The number of halogens is 2. The first-order chi connectivity index (χ1) is 9.80. The van der Waals surface area contributed by atoms with Crippen LogP contribution in [-0.4, -0.2) is 33.6 Å². The molecule has 0 unspecified atom stereocenters. The van der Waals surface area contributed by atoms with E-state index in [1.807, 2.05) is 0 Å². The fraction of sp³-hybridized carbons (Fsp3) is 0.417. The molecule has 1 amide bonds. The molecule has 0 bridgehead atoms. The maximum absolute atomic E-state index is 14.0. The predicted molar refractivity (Wildman–Crippen MR) is 69.0 cm³/mol. The van der Waals surface area contributed by atoms with Gasteiger partial charge in [-0.05, 0) is 25.0 Å². The molecule has 9 heteroatoms. The van der Waals surface area contributed by atoms with Crippen LogP contribution < -0.4 is 10.5 Å². The van der Waals surface area contributed by atoms with Gasteiger partial charge in [-0.15, -0.1) is 0 Å². The molecule has 1 aromatic carbocycles. The van der Waals surface area contributed by atoms with Gasteiger partial charge in [0.15, 0.2) is 5.82 Å². The van der Waals surface area contributed by atoms with E-state index in [1.54, 1.807) is 0 Å². The Labute approximate surface area is 120 Å². The Kier molecular flexibility index (Phi) is 4.55. The van der Waals surface area contributed by atoms with Crippen molar-refractivity contribution in [2.45, 2.75) is 23.8 Å². The summed E-state index contributed by atoms with van der Waals surface area (Å²) < 4.78 is 55.2. The normalized spacial score (nSPS) is 16.7. The number of primary sulfonamides is 1. The van der Waals surface area contributed by atoms with Crippen LogP contribution in [0.5, 0.6) is 0 Å². The predicted octanol–water partition coefficient (Wildman–Crippen LogP) is 0.521. The van der Waals surface area contributed by atoms with Gasteiger partial charge in [0.25, 0.3) is 5.91 Å². The van der Waals surface area contributed by atoms with Crippen molar-refractivity contribution in [1.82, 2.24) is 5.32 Å². The summed E-state index contributed by atoms with van der Waals surface area (Å²) >= 11 is 0. The molecule has 1 saturated heterocycles. The van der Waals surface area contributed by atoms with Crippen molar-refractivity contribution in [2.75, 3.05) is 13.2 Å². The molecule has 3 N–H and O–H groups in total. The number of hydrogen-bond acceptors (Lipinski definition) is 4. The number of nitrogens with one attached hydrogen (secondary N) is 1. The van der Waals surface area contributed by atoms with Gasteiger partial charge in [-0.25, -0.2) is 22.3 Å². The van der Waals surface area contributed by atoms with Crippen molar-refractivity contribution in [3.63, 3.8) is 0 Å². The van der Waals surface area contributed by atoms with E-state index in [4.69, 9.17) is 9.88 Å². The topological polar surface area (TPSA) is 98.5 Å². The van der Waals surface area contributed by atoms with Crippen LogP contribution in [0, 0.1) is 11.6 Å². The zero-order chi connectivity index (χ0) is 15.6. The highest BCUT2D eigenvalue weighted by molar-refractivity contribution is 7.89. The van der Waals surface area contributed by atoms with Crippen molar-refractivity contribution in [3.05, 3.63) is 29.3 Å². The first-order valence-corrected chi connectivity index (χ1v) is 7.74. The van der Waals surface area contributed by atoms with Crippen molar-refractivity contribution < 1.29 is 26.7 Å². The van der Waals surface area contributed by atoms with Gasteiger partial charge in [0.1, 0.15) is 16.3 Å². The molecule has 1 aromatic rings. The summed E-state index contributed by atoms with van der Waals surface area (Å²) in [6.07, 6.45) is 1.04. The fourth-order valence-corrected chi connectivity index (χ4v) is 2.67. The smallest absolute Gasteiger partial charge is 0.257 e. The molecule has 0 aromatic heterocycles. The van der Waals surface area contributed by atoms with Crippen LogP contribution in [0.25, 0.3) is 0 Å². The minimum atomic E-state index is -4.38. The van der Waals surface area contributed by atoms with Crippen molar-refractivity contribution >= 4 is 15.9 Å². The van der Waals surface area contributed by atoms with E-state index in [0.717, 1.165) is 0 Å². The number of carbonyl (C=O) groups excluding carboxylic acids is 1. The molecule has 1 fully saturated rings. The van der Waals surface area contributed by atoms with Crippen LogP contribution in [0.3, 0.4) is 0 Å². The Bertz CT molecular complexity index is 657. The monoisotopic (exact) mass is 320 g/mol. The van der Waals surface area contributed by atoms with Gasteiger partial charge in [0.05, 0.1) is 0 Å². The largest absolute Gasteiger partial charge is 0.381 e. The molecular weight excluding hydrogens is 306 g/mol. The van der Waals surface area contributed by atoms with Crippen LogP contribution in [0.4, 0.5) is 8.78 Å². The number of rotatable bonds is 3. The van der Waals surface area contributed by atoms with E-state index in [1.165, 1.54) is 0 Å². The van der Waals surface area contributed by atoms with Gasteiger partial charge in [-0.1, -0.05) is 0 Å². The highest BCUT2D eigenvalue weighted by atomic mass is 32.2. The van der Waals surface area contributed by atoms with Gasteiger partial charge in [-0.3, -0.25) is 4.79 Å². The molecule has 1 aliphatic heterocycles. The first kappa shape index (κ1) is 15.8. The molecule has 0 atom stereocenters. The molecule has 0 spiro atoms. The maximum atomic E-state index is 14.0. The SMILES string of the molecule is NS(=O)(=O)c1ccc(F)c(C(=O)NC2CCOCC2)c1F. The minimum absolute atomic E-state index is 0.275. The zero-order valence-electron chi connectivity index (χ0n) is 10.9. The average molecular weight is 320 g/mol. The highest BCUT2D eigenvalue weighted by Crippen LogP contribution is 2.20. The number of carbonyl (C=O) groups is 1. The second-order valence-corrected chi connectivity index (χ2v) is 6.17. The molecular formula is C12H14F2N2O4S. The quantitative estimate of drug-likeness (QED) is 0.848. The summed E-state index contributed by atoms with van der Waals surface area (Å²) in [7, 11) is -4.38. The Morgan fingerprint density at radius 1 is 1.29 bits per heavy atom.